The van der Waals surface area contributed by atoms with Crippen LogP contribution in [-0.2, 0) is 0 Å². The summed E-state index contributed by atoms with van der Waals surface area (Å²) < 4.78 is 1.93. The van der Waals surface area contributed by atoms with Crippen LogP contribution < -0.4 is 5.32 Å². The summed E-state index contributed by atoms with van der Waals surface area (Å²) in [5.74, 6) is 1.65. The average molecular weight is 346 g/mol. The first-order chi connectivity index (χ1) is 11.2. The van der Waals surface area contributed by atoms with E-state index >= 15 is 0 Å². The van der Waals surface area contributed by atoms with Gasteiger partial charge in [0, 0.05) is 16.5 Å². The van der Waals surface area contributed by atoms with Gasteiger partial charge in [-0.1, -0.05) is 6.07 Å². The zero-order valence-electron chi connectivity index (χ0n) is 13.0. The number of thiophene rings is 1. The van der Waals surface area contributed by atoms with Crippen molar-refractivity contribution in [1.29, 1.82) is 0 Å². The highest BCUT2D eigenvalue weighted by molar-refractivity contribution is 7.98. The van der Waals surface area contributed by atoms with Crippen LogP contribution in [0.5, 0.6) is 0 Å². The summed E-state index contributed by atoms with van der Waals surface area (Å²) in [6, 6.07) is 7.53. The minimum atomic E-state index is -0.160. The molecule has 3 aromatic heterocycles. The highest BCUT2D eigenvalue weighted by Gasteiger charge is 2.21. The average Bonchev–Trinajstić information content (AvgIpc) is 3.17. The summed E-state index contributed by atoms with van der Waals surface area (Å²) >= 11 is 3.33. The maximum Gasteiger partial charge on any atom is 0.252 e. The molecule has 0 fully saturated rings. The van der Waals surface area contributed by atoms with Crippen molar-refractivity contribution < 1.29 is 4.79 Å². The van der Waals surface area contributed by atoms with Crippen molar-refractivity contribution in [2.45, 2.75) is 19.4 Å². The smallest absolute Gasteiger partial charge is 0.252 e. The highest BCUT2D eigenvalue weighted by atomic mass is 32.2. The fraction of sp³-hybridized carbons (Fsp3) is 0.312. The van der Waals surface area contributed by atoms with Crippen LogP contribution in [0.4, 0.5) is 0 Å². The molecule has 0 aliphatic heterocycles. The third-order valence-electron chi connectivity index (χ3n) is 3.56. The minimum absolute atomic E-state index is 0.0619. The second-order valence-electron chi connectivity index (χ2n) is 5.24. The Kier molecular flexibility index (Phi) is 4.97. The molecule has 7 heteroatoms. The van der Waals surface area contributed by atoms with Gasteiger partial charge in [0.15, 0.2) is 11.5 Å². The number of carbonyl (C=O) groups excluding carboxylic acids is 1. The fourth-order valence-electron chi connectivity index (χ4n) is 2.40. The molecule has 1 atom stereocenters. The number of aryl methyl sites for hydroxylation is 1. The molecule has 3 rings (SSSR count). The highest BCUT2D eigenvalue weighted by Crippen LogP contribution is 2.20. The number of aromatic nitrogens is 3. The number of nitrogens with zero attached hydrogens (tertiary/aromatic N) is 3. The monoisotopic (exact) mass is 346 g/mol. The molecule has 0 bridgehead atoms. The molecule has 0 radical (unpaired) electrons. The van der Waals surface area contributed by atoms with Crippen molar-refractivity contribution in [3.63, 3.8) is 0 Å². The lowest BCUT2D eigenvalue weighted by Gasteiger charge is -2.16. The lowest BCUT2D eigenvalue weighted by atomic mass is 10.2. The number of nitrogens with one attached hydrogen (secondary N) is 1. The minimum Gasteiger partial charge on any atom is -0.342 e. The molecular weight excluding hydrogens is 328 g/mol. The van der Waals surface area contributed by atoms with Gasteiger partial charge in [-0.25, -0.2) is 0 Å². The molecule has 0 aliphatic carbocycles. The molecule has 5 nitrogen and oxygen atoms in total. The van der Waals surface area contributed by atoms with Crippen LogP contribution in [0.2, 0.25) is 0 Å². The lowest BCUT2D eigenvalue weighted by molar-refractivity contribution is 0.0934. The standard InChI is InChI=1S/C16H18N4OS2/c1-11-9-12(10-23-11)16(21)17-13(6-8-22-2)15-19-18-14-5-3-4-7-20(14)15/h3-5,7,9-10,13H,6,8H2,1-2H3,(H,17,21)/t13-/m1/s1. The van der Waals surface area contributed by atoms with Gasteiger partial charge in [-0.15, -0.1) is 21.5 Å². The predicted octanol–water partition coefficient (Wildman–Crippen LogP) is 3.32. The van der Waals surface area contributed by atoms with E-state index in [2.05, 4.69) is 21.8 Å². The van der Waals surface area contributed by atoms with Crippen LogP contribution in [0, 0.1) is 6.92 Å². The van der Waals surface area contributed by atoms with Crippen LogP contribution in [0.25, 0.3) is 5.65 Å². The topological polar surface area (TPSA) is 59.3 Å². The summed E-state index contributed by atoms with van der Waals surface area (Å²) in [5.41, 5.74) is 1.49. The van der Waals surface area contributed by atoms with Gasteiger partial charge in [-0.05, 0) is 43.6 Å². The Labute approximate surface area is 143 Å². The Balaban J connectivity index is 1.87. The molecule has 1 N–H and O–H groups in total. The number of carbonyl (C=O) groups is 1. The zero-order chi connectivity index (χ0) is 16.2. The molecule has 0 saturated carbocycles. The normalized spacial score (nSPS) is 12.4. The second-order valence-corrected chi connectivity index (χ2v) is 7.34. The molecule has 0 saturated heterocycles. The Hall–Kier alpha value is -1.86. The number of fused-ring (bicyclic) bond motifs is 1. The summed E-state index contributed by atoms with van der Waals surface area (Å²) in [7, 11) is 0. The molecule has 120 valence electrons. The van der Waals surface area contributed by atoms with Crippen molar-refractivity contribution in [1.82, 2.24) is 19.9 Å². The Morgan fingerprint density at radius 2 is 2.30 bits per heavy atom. The van der Waals surface area contributed by atoms with Gasteiger partial charge in [-0.2, -0.15) is 11.8 Å². The molecule has 1 amide bonds. The number of hydrogen-bond acceptors (Lipinski definition) is 5. The quantitative estimate of drug-likeness (QED) is 0.744. The first-order valence-corrected chi connectivity index (χ1v) is 9.61. The summed E-state index contributed by atoms with van der Waals surface area (Å²) in [6.45, 7) is 2.00. The van der Waals surface area contributed by atoms with Crippen LogP contribution >= 0.6 is 23.1 Å². The van der Waals surface area contributed by atoms with E-state index in [1.807, 2.05) is 47.2 Å². The number of pyridine rings is 1. The Bertz CT molecular complexity index is 811. The molecule has 3 aromatic rings. The second kappa shape index (κ2) is 7.14. The SMILES string of the molecule is CSCC[C@@H](NC(=O)c1csc(C)c1)c1nnc2ccccn12. The van der Waals surface area contributed by atoms with Crippen LogP contribution in [-0.4, -0.2) is 32.5 Å². The largest absolute Gasteiger partial charge is 0.342 e. The number of amides is 1. The summed E-state index contributed by atoms with van der Waals surface area (Å²) in [5, 5.41) is 13.5. The maximum absolute atomic E-state index is 12.5. The molecule has 3 heterocycles. The summed E-state index contributed by atoms with van der Waals surface area (Å²) in [6.07, 6.45) is 4.80. The summed E-state index contributed by atoms with van der Waals surface area (Å²) in [4.78, 5) is 13.6. The maximum atomic E-state index is 12.5. The van der Waals surface area contributed by atoms with Crippen molar-refractivity contribution >= 4 is 34.7 Å². The third-order valence-corrected chi connectivity index (χ3v) is 5.07. The van der Waals surface area contributed by atoms with E-state index in [0.717, 1.165) is 28.5 Å². The zero-order valence-corrected chi connectivity index (χ0v) is 14.7. The van der Waals surface area contributed by atoms with Crippen molar-refractivity contribution in [3.05, 3.63) is 52.1 Å². The van der Waals surface area contributed by atoms with E-state index in [4.69, 9.17) is 0 Å². The fourth-order valence-corrected chi connectivity index (χ4v) is 3.56. The molecule has 0 spiro atoms. The van der Waals surface area contributed by atoms with Gasteiger partial charge in [0.2, 0.25) is 0 Å². The van der Waals surface area contributed by atoms with E-state index in [0.29, 0.717) is 5.56 Å². The predicted molar refractivity (Wildman–Crippen MR) is 95.2 cm³/mol. The van der Waals surface area contributed by atoms with Gasteiger partial charge in [0.1, 0.15) is 0 Å². The Morgan fingerprint density at radius 3 is 3.04 bits per heavy atom. The van der Waals surface area contributed by atoms with E-state index < -0.39 is 0 Å². The van der Waals surface area contributed by atoms with Gasteiger partial charge in [0.25, 0.3) is 5.91 Å². The van der Waals surface area contributed by atoms with Gasteiger partial charge in [-0.3, -0.25) is 9.20 Å². The van der Waals surface area contributed by atoms with Crippen molar-refractivity contribution in [2.75, 3.05) is 12.0 Å². The number of thioether (sulfide) groups is 1. The first-order valence-electron chi connectivity index (χ1n) is 7.33. The molecule has 0 unspecified atom stereocenters. The first kappa shape index (κ1) is 16.0. The van der Waals surface area contributed by atoms with E-state index in [1.165, 1.54) is 0 Å². The van der Waals surface area contributed by atoms with E-state index in [1.54, 1.807) is 23.1 Å². The van der Waals surface area contributed by atoms with Crippen LogP contribution in [0.1, 0.15) is 33.5 Å². The molecule has 23 heavy (non-hydrogen) atoms. The number of hydrogen-bond donors (Lipinski definition) is 1. The number of rotatable bonds is 6. The lowest BCUT2D eigenvalue weighted by Crippen LogP contribution is -2.30. The van der Waals surface area contributed by atoms with Crippen LogP contribution in [0.3, 0.4) is 0 Å². The third kappa shape index (κ3) is 3.56. The van der Waals surface area contributed by atoms with Crippen molar-refractivity contribution in [3.8, 4) is 0 Å². The molecular formula is C16H18N4OS2. The Morgan fingerprint density at radius 1 is 1.43 bits per heavy atom. The van der Waals surface area contributed by atoms with Gasteiger partial charge >= 0.3 is 0 Å². The molecule has 0 aliphatic rings. The van der Waals surface area contributed by atoms with E-state index in [-0.39, 0.29) is 11.9 Å². The van der Waals surface area contributed by atoms with E-state index in [9.17, 15) is 4.79 Å². The molecule has 0 aromatic carbocycles. The van der Waals surface area contributed by atoms with Crippen LogP contribution in [0.15, 0.2) is 35.8 Å². The van der Waals surface area contributed by atoms with Gasteiger partial charge in [0.05, 0.1) is 11.6 Å². The van der Waals surface area contributed by atoms with Gasteiger partial charge < -0.3 is 5.32 Å². The van der Waals surface area contributed by atoms with Crippen molar-refractivity contribution in [2.24, 2.45) is 0 Å².